The lowest BCUT2D eigenvalue weighted by Crippen LogP contribution is -2.29. The van der Waals surface area contributed by atoms with Gasteiger partial charge in [0.1, 0.15) is 0 Å². The summed E-state index contributed by atoms with van der Waals surface area (Å²) < 4.78 is 41.7. The summed E-state index contributed by atoms with van der Waals surface area (Å²) in [6.45, 7) is 4.05. The molecule has 7 nitrogen and oxygen atoms in total. The van der Waals surface area contributed by atoms with E-state index in [-0.39, 0.29) is 23.3 Å². The number of para-hydroxylation sites is 1. The molecule has 1 aromatic carbocycles. The highest BCUT2D eigenvalue weighted by Gasteiger charge is 2.31. The predicted molar refractivity (Wildman–Crippen MR) is 131 cm³/mol. The second-order valence-electron chi connectivity index (χ2n) is 9.53. The minimum absolute atomic E-state index is 0.0778. The summed E-state index contributed by atoms with van der Waals surface area (Å²) in [6.07, 6.45) is 1.96. The van der Waals surface area contributed by atoms with Crippen molar-refractivity contribution in [1.82, 2.24) is 29.5 Å². The van der Waals surface area contributed by atoms with Gasteiger partial charge in [-0.3, -0.25) is 4.98 Å². The minimum Gasteiger partial charge on any atom is -0.358 e. The first kappa shape index (κ1) is 22.5. The Balaban J connectivity index is 1.41. The monoisotopic (exact) mass is 491 g/mol. The molecule has 0 saturated heterocycles. The van der Waals surface area contributed by atoms with Crippen molar-refractivity contribution in [1.29, 1.82) is 0 Å². The Morgan fingerprint density at radius 3 is 2.75 bits per heavy atom. The fourth-order valence-corrected chi connectivity index (χ4v) is 4.92. The van der Waals surface area contributed by atoms with E-state index in [0.717, 1.165) is 42.6 Å². The van der Waals surface area contributed by atoms with Crippen LogP contribution in [0.2, 0.25) is 0 Å². The number of nitrogens with one attached hydrogen (secondary N) is 2. The summed E-state index contributed by atoms with van der Waals surface area (Å²) in [5.41, 5.74) is 4.48. The van der Waals surface area contributed by atoms with Crippen LogP contribution in [0.4, 0.5) is 19.1 Å². The fourth-order valence-electron chi connectivity index (χ4n) is 4.92. The number of fused-ring (bicyclic) bond motifs is 4. The molecule has 0 fully saturated rings. The molecule has 1 aliphatic rings. The smallest absolute Gasteiger partial charge is 0.358 e. The van der Waals surface area contributed by atoms with Gasteiger partial charge in [0, 0.05) is 46.2 Å². The third-order valence-corrected chi connectivity index (χ3v) is 6.77. The van der Waals surface area contributed by atoms with Crippen LogP contribution >= 0.6 is 0 Å². The quantitative estimate of drug-likeness (QED) is 0.333. The number of rotatable bonds is 4. The average molecular weight is 492 g/mol. The normalized spacial score (nSPS) is 16.1. The number of hydrogen-bond donors (Lipinski definition) is 2. The number of halogens is 3. The highest BCUT2D eigenvalue weighted by atomic mass is 19.4. The van der Waals surface area contributed by atoms with E-state index >= 15 is 0 Å². The van der Waals surface area contributed by atoms with Gasteiger partial charge < -0.3 is 10.3 Å². The van der Waals surface area contributed by atoms with Gasteiger partial charge in [0.15, 0.2) is 11.5 Å². The molecule has 36 heavy (non-hydrogen) atoms. The zero-order valence-corrected chi connectivity index (χ0v) is 19.8. The number of aromatic nitrogens is 6. The third kappa shape index (κ3) is 3.86. The number of anilines is 1. The Hall–Kier alpha value is -3.95. The van der Waals surface area contributed by atoms with Gasteiger partial charge in [0.25, 0.3) is 0 Å². The van der Waals surface area contributed by atoms with Crippen molar-refractivity contribution in [3.63, 3.8) is 0 Å². The van der Waals surface area contributed by atoms with Gasteiger partial charge in [-0.15, -0.1) is 0 Å². The molecular weight excluding hydrogens is 467 g/mol. The Morgan fingerprint density at radius 1 is 1.11 bits per heavy atom. The molecule has 4 aromatic heterocycles. The van der Waals surface area contributed by atoms with Crippen LogP contribution in [-0.4, -0.2) is 35.6 Å². The van der Waals surface area contributed by atoms with Gasteiger partial charge in [0.05, 0.1) is 11.8 Å². The van der Waals surface area contributed by atoms with Crippen molar-refractivity contribution in [2.24, 2.45) is 0 Å². The second-order valence-corrected chi connectivity index (χ2v) is 9.53. The number of hydrogen-bond acceptors (Lipinski definition) is 5. The summed E-state index contributed by atoms with van der Waals surface area (Å²) in [7, 11) is 0. The lowest BCUT2D eigenvalue weighted by molar-refractivity contribution is -0.137. The van der Waals surface area contributed by atoms with E-state index in [1.807, 2.05) is 26.0 Å². The molecule has 0 bridgehead atoms. The third-order valence-electron chi connectivity index (χ3n) is 6.77. The van der Waals surface area contributed by atoms with Gasteiger partial charge in [0.2, 0.25) is 5.95 Å². The second kappa shape index (κ2) is 8.32. The summed E-state index contributed by atoms with van der Waals surface area (Å²) in [4.78, 5) is 16.6. The van der Waals surface area contributed by atoms with E-state index in [2.05, 4.69) is 42.5 Å². The van der Waals surface area contributed by atoms with E-state index in [0.29, 0.717) is 11.6 Å². The number of aryl methyl sites for hydroxylation is 1. The number of benzene rings is 1. The summed E-state index contributed by atoms with van der Waals surface area (Å²) in [5.74, 6) is 0.753. The molecule has 1 aliphatic carbocycles. The highest BCUT2D eigenvalue weighted by molar-refractivity contribution is 5.85. The first-order valence-electron chi connectivity index (χ1n) is 11.9. The number of aromatic amines is 1. The van der Waals surface area contributed by atoms with E-state index < -0.39 is 11.7 Å². The molecule has 4 heterocycles. The Kier molecular flexibility index (Phi) is 5.20. The predicted octanol–water partition coefficient (Wildman–Crippen LogP) is 5.78. The molecule has 2 N–H and O–H groups in total. The number of pyridine rings is 1. The van der Waals surface area contributed by atoms with E-state index in [1.165, 1.54) is 22.8 Å². The van der Waals surface area contributed by atoms with Crippen LogP contribution in [0.15, 0.2) is 48.9 Å². The molecule has 0 saturated carbocycles. The van der Waals surface area contributed by atoms with Gasteiger partial charge in [-0.25, -0.2) is 4.98 Å². The van der Waals surface area contributed by atoms with Crippen molar-refractivity contribution in [2.75, 3.05) is 5.32 Å². The van der Waals surface area contributed by atoms with E-state index in [9.17, 15) is 13.2 Å². The number of nitrogens with zero attached hydrogens (tertiary/aromatic N) is 5. The van der Waals surface area contributed by atoms with Crippen LogP contribution in [0.3, 0.4) is 0 Å². The number of H-pyrrole nitrogens is 1. The van der Waals surface area contributed by atoms with Crippen LogP contribution in [-0.2, 0) is 19.0 Å². The zero-order valence-electron chi connectivity index (χ0n) is 19.8. The Labute approximate surface area is 204 Å². The lowest BCUT2D eigenvalue weighted by Gasteiger charge is -2.24. The fraction of sp³-hybridized carbons (Fsp3) is 0.308. The van der Waals surface area contributed by atoms with Crippen molar-refractivity contribution in [3.05, 3.63) is 71.3 Å². The topological polar surface area (TPSA) is 83.8 Å². The van der Waals surface area contributed by atoms with Gasteiger partial charge in [-0.2, -0.15) is 27.8 Å². The van der Waals surface area contributed by atoms with E-state index in [1.54, 1.807) is 10.7 Å². The zero-order chi connectivity index (χ0) is 25.0. The molecule has 0 amide bonds. The van der Waals surface area contributed by atoms with Crippen molar-refractivity contribution >= 4 is 22.5 Å². The van der Waals surface area contributed by atoms with Gasteiger partial charge in [-0.1, -0.05) is 32.0 Å². The highest BCUT2D eigenvalue weighted by Crippen LogP contribution is 2.33. The molecule has 5 aromatic rings. The largest absolute Gasteiger partial charge is 0.417 e. The molecule has 0 radical (unpaired) electrons. The summed E-state index contributed by atoms with van der Waals surface area (Å²) in [6, 6.07) is 9.37. The Morgan fingerprint density at radius 2 is 1.94 bits per heavy atom. The van der Waals surface area contributed by atoms with Crippen LogP contribution in [0, 0.1) is 0 Å². The lowest BCUT2D eigenvalue weighted by atomic mass is 9.91. The number of alkyl halides is 3. The molecule has 6 rings (SSSR count). The standard InChI is InChI=1S/C26H24F3N7/c1-14(2)20-13-31-36-24(20)34-23(15-9-16(12-30-11-15)26(27,28)29)35-25(36)32-17-7-8-22-19(10-17)18-5-3-4-6-21(18)33-22/h3-6,9,11-14,17,33H,7-8,10H2,1-2H3,(H,32,34,35). The molecule has 0 aliphatic heterocycles. The molecule has 10 heteroatoms. The molecule has 184 valence electrons. The molecule has 1 atom stereocenters. The molecular formula is C26H24F3N7. The van der Waals surface area contributed by atoms with E-state index in [4.69, 9.17) is 0 Å². The maximum Gasteiger partial charge on any atom is 0.417 e. The first-order valence-corrected chi connectivity index (χ1v) is 11.9. The van der Waals surface area contributed by atoms with Crippen molar-refractivity contribution < 1.29 is 13.2 Å². The Bertz CT molecular complexity index is 1580. The van der Waals surface area contributed by atoms with Crippen LogP contribution in [0.1, 0.15) is 48.6 Å². The minimum atomic E-state index is -4.51. The maximum atomic E-state index is 13.3. The first-order chi connectivity index (χ1) is 17.3. The summed E-state index contributed by atoms with van der Waals surface area (Å²) in [5, 5.41) is 9.24. The van der Waals surface area contributed by atoms with Gasteiger partial charge >= 0.3 is 6.18 Å². The molecule has 1 unspecified atom stereocenters. The van der Waals surface area contributed by atoms with Gasteiger partial charge in [-0.05, 0) is 42.9 Å². The van der Waals surface area contributed by atoms with Crippen LogP contribution in [0.25, 0.3) is 27.9 Å². The molecule has 0 spiro atoms. The SMILES string of the molecule is CC(C)c1cnn2c(NC3CCc4[nH]c5ccccc5c4C3)nc(-c3cncc(C(F)(F)F)c3)nc12. The van der Waals surface area contributed by atoms with Crippen molar-refractivity contribution in [2.45, 2.75) is 51.2 Å². The van der Waals surface area contributed by atoms with Crippen LogP contribution < -0.4 is 5.32 Å². The summed E-state index contributed by atoms with van der Waals surface area (Å²) >= 11 is 0. The van der Waals surface area contributed by atoms with Crippen LogP contribution in [0.5, 0.6) is 0 Å². The van der Waals surface area contributed by atoms with Crippen molar-refractivity contribution in [3.8, 4) is 11.4 Å². The maximum absolute atomic E-state index is 13.3. The average Bonchev–Trinajstić information content (AvgIpc) is 3.45.